The van der Waals surface area contributed by atoms with Crippen LogP contribution in [0.1, 0.15) is 0 Å². The minimum absolute atomic E-state index is 0.0967. The molecule has 0 spiro atoms. The lowest BCUT2D eigenvalue weighted by Gasteiger charge is -2.40. The van der Waals surface area contributed by atoms with Gasteiger partial charge in [-0.25, -0.2) is 0 Å². The van der Waals surface area contributed by atoms with Crippen molar-refractivity contribution in [3.8, 4) is 11.5 Å². The van der Waals surface area contributed by atoms with Gasteiger partial charge in [-0.2, -0.15) is 0 Å². The first-order valence-electron chi connectivity index (χ1n) is 7.46. The number of fused-ring (bicyclic) bond motifs is 2. The van der Waals surface area contributed by atoms with E-state index in [1.165, 1.54) is 21.7 Å². The van der Waals surface area contributed by atoms with Crippen molar-refractivity contribution in [1.29, 1.82) is 0 Å². The summed E-state index contributed by atoms with van der Waals surface area (Å²) in [5, 5.41) is -0.0967. The molecule has 8 heteroatoms. The highest BCUT2D eigenvalue weighted by Gasteiger charge is 2.36. The van der Waals surface area contributed by atoms with Crippen LogP contribution in [0.4, 0.5) is 0 Å². The van der Waals surface area contributed by atoms with E-state index in [-0.39, 0.29) is 11.0 Å². The lowest BCUT2D eigenvalue weighted by molar-refractivity contribution is 0.414. The highest BCUT2D eigenvalue weighted by Crippen LogP contribution is 2.89. The normalized spacial score (nSPS) is 17.9. The SMILES string of the molecule is COc1ccc(S2(c3ccc(OC)cc3)CCp3ssp2s3)cc1. The van der Waals surface area contributed by atoms with Crippen molar-refractivity contribution in [1.82, 2.24) is 0 Å². The quantitative estimate of drug-likeness (QED) is 0.394. The average Bonchev–Trinajstić information content (AvgIpc) is 3.06. The van der Waals surface area contributed by atoms with E-state index in [9.17, 15) is 0 Å². The van der Waals surface area contributed by atoms with E-state index in [4.69, 9.17) is 9.47 Å². The molecule has 1 aliphatic heterocycles. The first-order valence-corrected chi connectivity index (χ1v) is 18.1. The molecule has 24 heavy (non-hydrogen) atoms. The zero-order valence-corrected chi connectivity index (χ0v) is 18.4. The van der Waals surface area contributed by atoms with Gasteiger partial charge < -0.3 is 9.47 Å². The Labute approximate surface area is 155 Å². The van der Waals surface area contributed by atoms with Crippen LogP contribution in [0, 0.1) is 0 Å². The topological polar surface area (TPSA) is 18.5 Å². The van der Waals surface area contributed by atoms with Gasteiger partial charge in [-0.15, -0.1) is 9.65 Å². The smallest absolute Gasteiger partial charge is 0.118 e. The molecule has 2 heterocycles. The number of aryl methyl sites for hydroxylation is 1. The van der Waals surface area contributed by atoms with Crippen molar-refractivity contribution in [2.24, 2.45) is 0 Å². The van der Waals surface area contributed by atoms with Gasteiger partial charge in [0.1, 0.15) is 11.5 Å². The maximum atomic E-state index is 5.37. The summed E-state index contributed by atoms with van der Waals surface area (Å²) in [6.45, 7) is 0. The number of rotatable bonds is 4. The number of benzene rings is 2. The summed E-state index contributed by atoms with van der Waals surface area (Å²) < 4.78 is 10.7. The van der Waals surface area contributed by atoms with Gasteiger partial charge in [0.25, 0.3) is 0 Å². The summed E-state index contributed by atoms with van der Waals surface area (Å²) >= 11 is 0. The summed E-state index contributed by atoms with van der Waals surface area (Å²) in [4.78, 5) is 3.02. The van der Waals surface area contributed by atoms with Gasteiger partial charge in [0, 0.05) is 27.6 Å². The molecule has 1 aromatic heterocycles. The minimum atomic E-state index is -0.979. The molecule has 0 saturated carbocycles. The molecule has 0 saturated heterocycles. The summed E-state index contributed by atoms with van der Waals surface area (Å²) in [5.74, 6) is 3.35. The molecule has 1 aliphatic rings. The van der Waals surface area contributed by atoms with Gasteiger partial charge in [-0.3, -0.25) is 0 Å². The maximum absolute atomic E-state index is 5.37. The zero-order chi connectivity index (χ0) is 16.6. The molecule has 2 atom stereocenters. The molecule has 0 aliphatic carbocycles. The molecule has 2 nitrogen and oxygen atoms in total. The third kappa shape index (κ3) is 2.88. The van der Waals surface area contributed by atoms with E-state index in [1.807, 2.05) is 0 Å². The Balaban J connectivity index is 1.89. The molecule has 0 fully saturated rings. The highest BCUT2D eigenvalue weighted by atomic mass is 33.5. The lowest BCUT2D eigenvalue weighted by Crippen LogP contribution is -2.03. The van der Waals surface area contributed by atoms with Crippen LogP contribution in [0.3, 0.4) is 0 Å². The molecule has 128 valence electrons. The fourth-order valence-corrected chi connectivity index (χ4v) is 55.0. The van der Waals surface area contributed by atoms with Gasteiger partial charge in [0.05, 0.1) is 19.3 Å². The van der Waals surface area contributed by atoms with E-state index in [2.05, 4.69) is 79.0 Å². The van der Waals surface area contributed by atoms with E-state index in [0.717, 1.165) is 11.5 Å². The van der Waals surface area contributed by atoms with E-state index in [1.54, 1.807) is 14.2 Å². The third-order valence-electron chi connectivity index (χ3n) is 4.06. The van der Waals surface area contributed by atoms with E-state index < -0.39 is 9.65 Å². The Hall–Kier alpha value is -0.350. The van der Waals surface area contributed by atoms with Crippen LogP contribution >= 0.6 is 51.1 Å². The van der Waals surface area contributed by atoms with Crippen molar-refractivity contribution in [2.45, 2.75) is 16.0 Å². The van der Waals surface area contributed by atoms with Crippen molar-refractivity contribution in [2.75, 3.05) is 20.0 Å². The van der Waals surface area contributed by atoms with Gasteiger partial charge in [-0.1, -0.05) is 20.5 Å². The second-order valence-corrected chi connectivity index (χ2v) is 26.2. The second kappa shape index (κ2) is 7.11. The van der Waals surface area contributed by atoms with Gasteiger partial charge in [0.2, 0.25) is 0 Å². The molecule has 0 N–H and O–H groups in total. The van der Waals surface area contributed by atoms with Crippen LogP contribution in [-0.4, -0.2) is 20.0 Å². The molecular formula is C16H18O2P2S4. The molecule has 0 amide bonds. The predicted molar refractivity (Wildman–Crippen MR) is 113 cm³/mol. The van der Waals surface area contributed by atoms with Crippen LogP contribution < -0.4 is 9.47 Å². The first-order chi connectivity index (χ1) is 11.8. The third-order valence-corrected chi connectivity index (χ3v) is 38.2. The monoisotopic (exact) mass is 432 g/mol. The van der Waals surface area contributed by atoms with Crippen LogP contribution in [0.5, 0.6) is 11.5 Å². The molecule has 3 aromatic rings. The average molecular weight is 433 g/mol. The second-order valence-electron chi connectivity index (χ2n) is 5.27. The largest absolute Gasteiger partial charge is 0.497 e. The predicted octanol–water partition coefficient (Wildman–Crippen LogP) is 7.69. The van der Waals surface area contributed by atoms with Gasteiger partial charge in [-0.05, 0) is 58.5 Å². The Morgan fingerprint density at radius 3 is 1.88 bits per heavy atom. The molecule has 0 radical (unpaired) electrons. The molecule has 2 unspecified atom stereocenters. The van der Waals surface area contributed by atoms with Crippen LogP contribution in [0.2, 0.25) is 0 Å². The Morgan fingerprint density at radius 2 is 1.38 bits per heavy atom. The Bertz CT molecular complexity index is 802. The number of ether oxygens (including phenoxy) is 2. The van der Waals surface area contributed by atoms with Crippen molar-refractivity contribution in [3.63, 3.8) is 0 Å². The van der Waals surface area contributed by atoms with E-state index in [0.29, 0.717) is 0 Å². The summed E-state index contributed by atoms with van der Waals surface area (Å²) in [6, 6.07) is 17.7. The van der Waals surface area contributed by atoms with Crippen LogP contribution in [-0.2, 0) is 6.16 Å². The van der Waals surface area contributed by atoms with Crippen LogP contribution in [0.15, 0.2) is 58.3 Å². The van der Waals surface area contributed by atoms with E-state index >= 15 is 0 Å². The molecule has 2 bridgehead atoms. The van der Waals surface area contributed by atoms with Crippen molar-refractivity contribution >= 4 is 51.1 Å². The summed E-state index contributed by atoms with van der Waals surface area (Å²) in [5.41, 5.74) is 0. The molecule has 4 rings (SSSR count). The number of hydrogen-bond donors (Lipinski definition) is 0. The summed E-state index contributed by atoms with van der Waals surface area (Å²) in [7, 11) is 9.13. The maximum Gasteiger partial charge on any atom is 0.118 e. The van der Waals surface area contributed by atoms with Gasteiger partial charge in [0.15, 0.2) is 0 Å². The van der Waals surface area contributed by atoms with Crippen LogP contribution in [0.25, 0.3) is 0 Å². The standard InChI is InChI=1S/C16H18O2P2S4/c1-17-13-3-7-15(8-4-13)24(12-11-19-21-20(24)23-22-19)16-9-5-14(18-2)6-10-16/h3-10H,11-12H2,1-2H3. The lowest BCUT2D eigenvalue weighted by atomic mass is 10.3. The molecule has 2 aromatic carbocycles. The highest BCUT2D eigenvalue weighted by molar-refractivity contribution is 8.93. The van der Waals surface area contributed by atoms with Crippen molar-refractivity contribution < 1.29 is 9.47 Å². The Kier molecular flexibility index (Phi) is 5.06. The minimum Gasteiger partial charge on any atom is -0.497 e. The first kappa shape index (κ1) is 17.1. The fourth-order valence-electron chi connectivity index (χ4n) is 2.78. The van der Waals surface area contributed by atoms with Gasteiger partial charge >= 0.3 is 0 Å². The van der Waals surface area contributed by atoms with Crippen molar-refractivity contribution in [3.05, 3.63) is 48.5 Å². The summed E-state index contributed by atoms with van der Waals surface area (Å²) in [6.07, 6.45) is 1.36. The zero-order valence-electron chi connectivity index (χ0n) is 13.4. The number of methoxy groups -OCH3 is 2. The molecular weight excluding hydrogens is 414 g/mol. The fraction of sp³-hybridized carbons (Fsp3) is 0.250. The number of hydrogen-bond acceptors (Lipinski definition) is 5. The Morgan fingerprint density at radius 1 is 0.833 bits per heavy atom.